The fourth-order valence-electron chi connectivity index (χ4n) is 1.71. The Hall–Kier alpha value is -1.56. The molecule has 0 saturated carbocycles. The summed E-state index contributed by atoms with van der Waals surface area (Å²) in [6.07, 6.45) is 3.58. The summed E-state index contributed by atoms with van der Waals surface area (Å²) in [6.45, 7) is 2.95. The van der Waals surface area contributed by atoms with Gasteiger partial charge in [0.15, 0.2) is 0 Å². The van der Waals surface area contributed by atoms with Crippen molar-refractivity contribution in [3.8, 4) is 0 Å². The number of ether oxygens (including phenoxy) is 1. The van der Waals surface area contributed by atoms with Crippen LogP contribution < -0.4 is 5.69 Å². The lowest BCUT2D eigenvalue weighted by atomic mass is 10.3. The molecule has 1 amide bonds. The molecule has 2 heterocycles. The Morgan fingerprint density at radius 3 is 2.81 bits per heavy atom. The van der Waals surface area contributed by atoms with Crippen LogP contribution >= 0.6 is 0 Å². The number of carbonyl (C=O) groups is 1. The average molecular weight is 225 g/mol. The lowest BCUT2D eigenvalue weighted by Crippen LogP contribution is -2.41. The number of aromatic nitrogens is 2. The predicted octanol–water partition coefficient (Wildman–Crippen LogP) is -0.575. The van der Waals surface area contributed by atoms with Crippen molar-refractivity contribution in [1.82, 2.24) is 14.5 Å². The van der Waals surface area contributed by atoms with Crippen molar-refractivity contribution in [3.63, 3.8) is 0 Å². The second-order valence-corrected chi connectivity index (χ2v) is 3.70. The molecule has 0 aromatic carbocycles. The maximum absolute atomic E-state index is 11.7. The van der Waals surface area contributed by atoms with E-state index in [0.717, 1.165) is 0 Å². The van der Waals surface area contributed by atoms with Gasteiger partial charge in [0.1, 0.15) is 0 Å². The number of H-pyrrole nitrogens is 1. The van der Waals surface area contributed by atoms with Crippen LogP contribution in [0.15, 0.2) is 17.2 Å². The van der Waals surface area contributed by atoms with Gasteiger partial charge in [0.25, 0.3) is 0 Å². The van der Waals surface area contributed by atoms with Crippen LogP contribution in [0.2, 0.25) is 0 Å². The minimum Gasteiger partial charge on any atom is -0.378 e. The number of hydrogen-bond acceptors (Lipinski definition) is 3. The Morgan fingerprint density at radius 1 is 1.44 bits per heavy atom. The monoisotopic (exact) mass is 225 g/mol. The molecule has 0 spiro atoms. The van der Waals surface area contributed by atoms with E-state index in [0.29, 0.717) is 39.3 Å². The third-order valence-electron chi connectivity index (χ3n) is 2.65. The number of aryl methyl sites for hydroxylation is 1. The number of aromatic amines is 1. The van der Waals surface area contributed by atoms with Gasteiger partial charge in [-0.15, -0.1) is 0 Å². The SMILES string of the molecule is O=C(CCn1cc[nH]c1=O)N1CCOCC1. The highest BCUT2D eigenvalue weighted by molar-refractivity contribution is 5.76. The Labute approximate surface area is 92.8 Å². The second kappa shape index (κ2) is 4.98. The van der Waals surface area contributed by atoms with E-state index < -0.39 is 0 Å². The predicted molar refractivity (Wildman–Crippen MR) is 57.1 cm³/mol. The number of rotatable bonds is 3. The maximum Gasteiger partial charge on any atom is 0.325 e. The van der Waals surface area contributed by atoms with Crippen molar-refractivity contribution in [2.75, 3.05) is 26.3 Å². The second-order valence-electron chi connectivity index (χ2n) is 3.70. The summed E-state index contributed by atoms with van der Waals surface area (Å²) in [5, 5.41) is 0. The van der Waals surface area contributed by atoms with Gasteiger partial charge < -0.3 is 14.6 Å². The normalized spacial score (nSPS) is 16.4. The van der Waals surface area contributed by atoms with Gasteiger partial charge in [-0.25, -0.2) is 4.79 Å². The maximum atomic E-state index is 11.7. The van der Waals surface area contributed by atoms with Crippen LogP contribution in [0.1, 0.15) is 6.42 Å². The average Bonchev–Trinajstić information content (AvgIpc) is 2.73. The molecule has 1 aromatic rings. The van der Waals surface area contributed by atoms with Gasteiger partial charge in [0, 0.05) is 38.4 Å². The van der Waals surface area contributed by atoms with Gasteiger partial charge >= 0.3 is 5.69 Å². The zero-order valence-electron chi connectivity index (χ0n) is 9.02. The van der Waals surface area contributed by atoms with Crippen molar-refractivity contribution in [2.24, 2.45) is 0 Å². The molecule has 1 aromatic heterocycles. The van der Waals surface area contributed by atoms with E-state index >= 15 is 0 Å². The molecule has 1 saturated heterocycles. The summed E-state index contributed by atoms with van der Waals surface area (Å²) >= 11 is 0. The highest BCUT2D eigenvalue weighted by atomic mass is 16.5. The third-order valence-corrected chi connectivity index (χ3v) is 2.65. The smallest absolute Gasteiger partial charge is 0.325 e. The fraction of sp³-hybridized carbons (Fsp3) is 0.600. The number of amides is 1. The van der Waals surface area contributed by atoms with Crippen molar-refractivity contribution in [2.45, 2.75) is 13.0 Å². The van der Waals surface area contributed by atoms with Gasteiger partial charge in [-0.05, 0) is 0 Å². The first kappa shape index (κ1) is 10.9. The highest BCUT2D eigenvalue weighted by Crippen LogP contribution is 2.00. The summed E-state index contributed by atoms with van der Waals surface area (Å²) in [6, 6.07) is 0. The summed E-state index contributed by atoms with van der Waals surface area (Å²) in [7, 11) is 0. The van der Waals surface area contributed by atoms with Crippen molar-refractivity contribution < 1.29 is 9.53 Å². The largest absolute Gasteiger partial charge is 0.378 e. The number of carbonyl (C=O) groups excluding carboxylic acids is 1. The molecule has 1 fully saturated rings. The number of nitrogens with zero attached hydrogens (tertiary/aromatic N) is 2. The van der Waals surface area contributed by atoms with Gasteiger partial charge in [-0.2, -0.15) is 0 Å². The van der Waals surface area contributed by atoms with Crippen LogP contribution in [0.25, 0.3) is 0 Å². The molecule has 6 nitrogen and oxygen atoms in total. The Balaban J connectivity index is 1.83. The van der Waals surface area contributed by atoms with Gasteiger partial charge in [-0.3, -0.25) is 9.36 Å². The topological polar surface area (TPSA) is 67.3 Å². The zero-order chi connectivity index (χ0) is 11.4. The molecule has 88 valence electrons. The molecule has 1 aliphatic rings. The molecule has 0 radical (unpaired) electrons. The molecule has 16 heavy (non-hydrogen) atoms. The highest BCUT2D eigenvalue weighted by Gasteiger charge is 2.16. The van der Waals surface area contributed by atoms with E-state index in [2.05, 4.69) is 4.98 Å². The van der Waals surface area contributed by atoms with Crippen LogP contribution in [0.5, 0.6) is 0 Å². The molecule has 1 N–H and O–H groups in total. The lowest BCUT2D eigenvalue weighted by Gasteiger charge is -2.26. The molecule has 2 rings (SSSR count). The number of hydrogen-bond donors (Lipinski definition) is 1. The molecular weight excluding hydrogens is 210 g/mol. The van der Waals surface area contributed by atoms with Crippen molar-refractivity contribution in [1.29, 1.82) is 0 Å². The first-order valence-corrected chi connectivity index (χ1v) is 5.37. The number of morpholine rings is 1. The Morgan fingerprint density at radius 2 is 2.19 bits per heavy atom. The van der Waals surface area contributed by atoms with E-state index in [1.165, 1.54) is 4.57 Å². The molecule has 0 bridgehead atoms. The minimum absolute atomic E-state index is 0.0800. The van der Waals surface area contributed by atoms with E-state index in [-0.39, 0.29) is 11.6 Å². The molecule has 0 aliphatic carbocycles. The lowest BCUT2D eigenvalue weighted by molar-refractivity contribution is -0.135. The van der Waals surface area contributed by atoms with Gasteiger partial charge in [-0.1, -0.05) is 0 Å². The van der Waals surface area contributed by atoms with Gasteiger partial charge in [0.05, 0.1) is 13.2 Å². The van der Waals surface area contributed by atoms with Crippen LogP contribution in [0.3, 0.4) is 0 Å². The van der Waals surface area contributed by atoms with Crippen LogP contribution in [0, 0.1) is 0 Å². The van der Waals surface area contributed by atoms with E-state index in [1.54, 1.807) is 17.3 Å². The quantitative estimate of drug-likeness (QED) is 0.748. The number of imidazole rings is 1. The summed E-state index contributed by atoms with van der Waals surface area (Å²) in [5.41, 5.74) is -0.172. The molecule has 0 unspecified atom stereocenters. The molecule has 6 heteroatoms. The third kappa shape index (κ3) is 2.52. The number of nitrogens with one attached hydrogen (secondary N) is 1. The van der Waals surface area contributed by atoms with E-state index in [9.17, 15) is 9.59 Å². The summed E-state index contributed by atoms with van der Waals surface area (Å²) in [4.78, 5) is 27.2. The van der Waals surface area contributed by atoms with E-state index in [1.807, 2.05) is 0 Å². The zero-order valence-corrected chi connectivity index (χ0v) is 9.02. The first-order chi connectivity index (χ1) is 7.77. The summed E-state index contributed by atoms with van der Waals surface area (Å²) < 4.78 is 6.66. The van der Waals surface area contributed by atoms with E-state index in [4.69, 9.17) is 4.74 Å². The standard InChI is InChI=1S/C10H15N3O3/c14-9(12-5-7-16-8-6-12)1-3-13-4-2-11-10(13)15/h2,4H,1,3,5-8H2,(H,11,15). The van der Waals surface area contributed by atoms with Crippen molar-refractivity contribution >= 4 is 5.91 Å². The first-order valence-electron chi connectivity index (χ1n) is 5.37. The molecule has 1 aliphatic heterocycles. The summed E-state index contributed by atoms with van der Waals surface area (Å²) in [5.74, 6) is 0.0800. The van der Waals surface area contributed by atoms with Crippen LogP contribution in [0.4, 0.5) is 0 Å². The minimum atomic E-state index is -0.172. The molecule has 0 atom stereocenters. The fourth-order valence-corrected chi connectivity index (χ4v) is 1.71. The molecular formula is C10H15N3O3. The Bertz CT molecular complexity index is 403. The van der Waals surface area contributed by atoms with Crippen molar-refractivity contribution in [3.05, 3.63) is 22.9 Å². The van der Waals surface area contributed by atoms with Crippen LogP contribution in [-0.2, 0) is 16.1 Å². The van der Waals surface area contributed by atoms with Crippen LogP contribution in [-0.4, -0.2) is 46.7 Å². The Kier molecular flexibility index (Phi) is 3.40. The van der Waals surface area contributed by atoms with Gasteiger partial charge in [0.2, 0.25) is 5.91 Å².